The minimum Gasteiger partial charge on any atom is -1.00 e. The molecule has 190 valence electrons. The number of hydrogen-bond donors (Lipinski definition) is 0. The van der Waals surface area contributed by atoms with Crippen LogP contribution in [-0.4, -0.2) is 0 Å². The predicted octanol–water partition coefficient (Wildman–Crippen LogP) is 5.34. The standard InChI is InChI=1S/C27H22F6NS.HI/c28-26(29,30)21-15-22(27(31,32)33)17-23(16-21)35-24-14-20-11-4-5-12-25(20)34(18-24)13-7-6-10-19-8-2-1-3-9-19;/h1-5,8-9,11-12,14-18H,6-7,10,13H2;1H/q+1;/p-1. The van der Waals surface area contributed by atoms with Crippen LogP contribution >= 0.6 is 11.8 Å². The molecule has 0 aliphatic heterocycles. The number of unbranched alkanes of at least 4 members (excludes halogenated alkanes) is 1. The van der Waals surface area contributed by atoms with Gasteiger partial charge in [0, 0.05) is 22.8 Å². The fourth-order valence-corrected chi connectivity index (χ4v) is 4.91. The molecule has 0 bridgehead atoms. The van der Waals surface area contributed by atoms with Gasteiger partial charge in [-0.2, -0.15) is 30.9 Å². The minimum absolute atomic E-state index is 0. The smallest absolute Gasteiger partial charge is 0.416 e. The van der Waals surface area contributed by atoms with Gasteiger partial charge in [0.25, 0.3) is 0 Å². The van der Waals surface area contributed by atoms with Crippen molar-refractivity contribution >= 4 is 22.7 Å². The van der Waals surface area contributed by atoms with Crippen molar-refractivity contribution < 1.29 is 54.9 Å². The van der Waals surface area contributed by atoms with Crippen LogP contribution < -0.4 is 28.5 Å². The van der Waals surface area contributed by atoms with E-state index in [4.69, 9.17) is 0 Å². The van der Waals surface area contributed by atoms with Crippen LogP contribution in [0.5, 0.6) is 0 Å². The lowest BCUT2D eigenvalue weighted by Crippen LogP contribution is -3.00. The predicted molar refractivity (Wildman–Crippen MR) is 124 cm³/mol. The molecule has 1 heterocycles. The largest absolute Gasteiger partial charge is 1.00 e. The molecule has 0 saturated carbocycles. The number of benzene rings is 3. The molecule has 0 atom stereocenters. The van der Waals surface area contributed by atoms with E-state index in [1.165, 1.54) is 5.56 Å². The Labute approximate surface area is 226 Å². The number of fused-ring (bicyclic) bond motifs is 1. The van der Waals surface area contributed by atoms with E-state index < -0.39 is 23.5 Å². The number of halogens is 7. The summed E-state index contributed by atoms with van der Waals surface area (Å²) in [7, 11) is 0. The van der Waals surface area contributed by atoms with Gasteiger partial charge in [-0.15, -0.1) is 0 Å². The van der Waals surface area contributed by atoms with Crippen LogP contribution in [0.4, 0.5) is 26.3 Å². The zero-order chi connectivity index (χ0) is 25.1. The maximum atomic E-state index is 13.3. The van der Waals surface area contributed by atoms with Crippen molar-refractivity contribution in [3.05, 3.63) is 102 Å². The number of aromatic nitrogens is 1. The normalized spacial score (nSPS) is 11.9. The van der Waals surface area contributed by atoms with E-state index in [1.807, 2.05) is 47.0 Å². The summed E-state index contributed by atoms with van der Waals surface area (Å²) in [5.74, 6) is 0. The molecule has 1 aromatic heterocycles. The second kappa shape index (κ2) is 11.9. The molecule has 1 nitrogen and oxygen atoms in total. The lowest BCUT2D eigenvalue weighted by molar-refractivity contribution is -0.673. The zero-order valence-electron chi connectivity index (χ0n) is 18.9. The summed E-state index contributed by atoms with van der Waals surface area (Å²) in [6.07, 6.45) is -5.21. The second-order valence-electron chi connectivity index (χ2n) is 8.21. The first-order chi connectivity index (χ1) is 16.6. The van der Waals surface area contributed by atoms with Gasteiger partial charge < -0.3 is 24.0 Å². The molecule has 0 radical (unpaired) electrons. The van der Waals surface area contributed by atoms with E-state index >= 15 is 0 Å². The lowest BCUT2D eigenvalue weighted by atomic mass is 10.1. The Kier molecular flexibility index (Phi) is 9.32. The minimum atomic E-state index is -4.88. The molecule has 4 aromatic rings. The first kappa shape index (κ1) is 28.3. The average Bonchev–Trinajstić information content (AvgIpc) is 2.81. The number of aryl methyl sites for hydroxylation is 2. The number of para-hydroxylation sites is 1. The first-order valence-electron chi connectivity index (χ1n) is 11.0. The van der Waals surface area contributed by atoms with Crippen LogP contribution in [0.2, 0.25) is 0 Å². The number of hydrogen-bond acceptors (Lipinski definition) is 1. The highest BCUT2D eigenvalue weighted by molar-refractivity contribution is 7.99. The van der Waals surface area contributed by atoms with Gasteiger partial charge in [0.15, 0.2) is 6.20 Å². The summed E-state index contributed by atoms with van der Waals surface area (Å²) in [4.78, 5) is 0.456. The molecule has 36 heavy (non-hydrogen) atoms. The third-order valence-electron chi connectivity index (χ3n) is 5.58. The van der Waals surface area contributed by atoms with Gasteiger partial charge in [-0.05, 0) is 48.7 Å². The zero-order valence-corrected chi connectivity index (χ0v) is 21.9. The Morgan fingerprint density at radius 2 is 1.28 bits per heavy atom. The van der Waals surface area contributed by atoms with Crippen molar-refractivity contribution in [2.24, 2.45) is 0 Å². The maximum absolute atomic E-state index is 13.3. The summed E-state index contributed by atoms with van der Waals surface area (Å²) >= 11 is 0.892. The molecule has 0 aliphatic carbocycles. The molecule has 0 fully saturated rings. The summed E-state index contributed by atoms with van der Waals surface area (Å²) in [5.41, 5.74) is -0.429. The van der Waals surface area contributed by atoms with Crippen molar-refractivity contribution in [3.8, 4) is 0 Å². The summed E-state index contributed by atoms with van der Waals surface area (Å²) < 4.78 is 81.6. The van der Waals surface area contributed by atoms with Crippen LogP contribution in [0.15, 0.2) is 94.9 Å². The van der Waals surface area contributed by atoms with E-state index in [0.29, 0.717) is 11.4 Å². The molecular formula is C27H22F6INS. The van der Waals surface area contributed by atoms with Crippen molar-refractivity contribution in [3.63, 3.8) is 0 Å². The summed E-state index contributed by atoms with van der Waals surface area (Å²) in [5, 5.41) is 0.864. The molecule has 0 unspecified atom stereocenters. The van der Waals surface area contributed by atoms with Crippen LogP contribution in [0.1, 0.15) is 29.5 Å². The highest BCUT2D eigenvalue weighted by atomic mass is 127. The molecule has 4 rings (SSSR count). The molecular weight excluding hydrogens is 611 g/mol. The van der Waals surface area contributed by atoms with Gasteiger partial charge >= 0.3 is 12.4 Å². The second-order valence-corrected chi connectivity index (χ2v) is 9.36. The van der Waals surface area contributed by atoms with Gasteiger partial charge in [-0.1, -0.05) is 54.2 Å². The Morgan fingerprint density at radius 1 is 0.667 bits per heavy atom. The van der Waals surface area contributed by atoms with Gasteiger partial charge in [-0.3, -0.25) is 0 Å². The first-order valence-corrected chi connectivity index (χ1v) is 11.8. The molecule has 0 spiro atoms. The van der Waals surface area contributed by atoms with E-state index in [9.17, 15) is 26.3 Å². The van der Waals surface area contributed by atoms with Crippen LogP contribution in [0.25, 0.3) is 10.9 Å². The molecule has 3 aromatic carbocycles. The Bertz CT molecular complexity index is 1270. The highest BCUT2D eigenvalue weighted by Crippen LogP contribution is 2.40. The van der Waals surface area contributed by atoms with E-state index in [1.54, 1.807) is 12.3 Å². The fourth-order valence-electron chi connectivity index (χ4n) is 3.90. The van der Waals surface area contributed by atoms with Crippen molar-refractivity contribution in [2.75, 3.05) is 0 Å². The Hall–Kier alpha value is -2.27. The van der Waals surface area contributed by atoms with Gasteiger partial charge in [0.05, 0.1) is 16.0 Å². The number of nitrogens with zero attached hydrogens (tertiary/aromatic N) is 1. The molecule has 0 aliphatic rings. The Balaban J connectivity index is 0.00000361. The van der Waals surface area contributed by atoms with E-state index in [-0.39, 0.29) is 34.9 Å². The van der Waals surface area contributed by atoms with Gasteiger partial charge in [0.1, 0.15) is 6.54 Å². The maximum Gasteiger partial charge on any atom is 0.416 e. The Morgan fingerprint density at radius 3 is 1.92 bits per heavy atom. The van der Waals surface area contributed by atoms with Gasteiger partial charge in [0.2, 0.25) is 5.52 Å². The third-order valence-corrected chi connectivity index (χ3v) is 6.51. The summed E-state index contributed by atoms with van der Waals surface area (Å²) in [6, 6.07) is 21.2. The quantitative estimate of drug-likeness (QED) is 0.115. The van der Waals surface area contributed by atoms with Gasteiger partial charge in [-0.25, -0.2) is 0 Å². The molecule has 9 heteroatoms. The highest BCUT2D eigenvalue weighted by Gasteiger charge is 2.37. The number of alkyl halides is 6. The molecule has 0 amide bonds. The summed E-state index contributed by atoms with van der Waals surface area (Å²) in [6.45, 7) is 0.679. The molecule has 0 N–H and O–H groups in total. The lowest BCUT2D eigenvalue weighted by Gasteiger charge is -2.14. The average molecular weight is 633 g/mol. The van der Waals surface area contributed by atoms with E-state index in [2.05, 4.69) is 12.1 Å². The molecule has 0 saturated heterocycles. The number of pyridine rings is 1. The topological polar surface area (TPSA) is 3.88 Å². The monoisotopic (exact) mass is 633 g/mol. The van der Waals surface area contributed by atoms with Crippen LogP contribution in [0.3, 0.4) is 0 Å². The van der Waals surface area contributed by atoms with E-state index in [0.717, 1.165) is 54.1 Å². The van der Waals surface area contributed by atoms with Crippen LogP contribution in [-0.2, 0) is 25.3 Å². The van der Waals surface area contributed by atoms with Crippen molar-refractivity contribution in [1.29, 1.82) is 0 Å². The van der Waals surface area contributed by atoms with Crippen LogP contribution in [0, 0.1) is 0 Å². The number of rotatable bonds is 7. The SMILES string of the molecule is FC(F)(F)c1cc(Sc2cc3ccccc3[n+](CCCCc3ccccc3)c2)cc(C(F)(F)F)c1.[I-]. The third kappa shape index (κ3) is 7.38. The van der Waals surface area contributed by atoms with Crippen molar-refractivity contribution in [1.82, 2.24) is 0 Å². The fraction of sp³-hybridized carbons (Fsp3) is 0.222. The van der Waals surface area contributed by atoms with Crippen molar-refractivity contribution in [2.45, 2.75) is 48.0 Å².